The molecule has 116 valence electrons. The number of nitrogens with one attached hydrogen (secondary N) is 2. The number of ether oxygens (including phenoxy) is 1. The average Bonchev–Trinajstić information content (AvgIpc) is 2.51. The molecule has 0 radical (unpaired) electrons. The van der Waals surface area contributed by atoms with Gasteiger partial charge in [0.25, 0.3) is 0 Å². The minimum Gasteiger partial charge on any atom is -0.487 e. The van der Waals surface area contributed by atoms with E-state index in [4.69, 9.17) is 4.74 Å². The van der Waals surface area contributed by atoms with Gasteiger partial charge in [-0.05, 0) is 50.4 Å². The minimum atomic E-state index is -0.365. The van der Waals surface area contributed by atoms with Crippen molar-refractivity contribution in [2.45, 2.75) is 26.2 Å². The minimum absolute atomic E-state index is 0.0416. The molecule has 1 heterocycles. The zero-order chi connectivity index (χ0) is 15.1. The van der Waals surface area contributed by atoms with Crippen molar-refractivity contribution in [3.05, 3.63) is 28.3 Å². The number of nitrogens with zero attached hydrogens (tertiary/aromatic N) is 1. The highest BCUT2D eigenvalue weighted by molar-refractivity contribution is 5.68. The first-order valence-electron chi connectivity index (χ1n) is 7.57. The van der Waals surface area contributed by atoms with Gasteiger partial charge in [-0.2, -0.15) is 0 Å². The molecule has 21 heavy (non-hydrogen) atoms. The molecule has 0 atom stereocenters. The van der Waals surface area contributed by atoms with Crippen molar-refractivity contribution in [3.63, 3.8) is 0 Å². The van der Waals surface area contributed by atoms with Crippen molar-refractivity contribution in [2.75, 3.05) is 31.6 Å². The van der Waals surface area contributed by atoms with Gasteiger partial charge in [0.05, 0.1) is 11.5 Å². The van der Waals surface area contributed by atoms with Crippen LogP contribution in [0.5, 0.6) is 5.75 Å². The van der Waals surface area contributed by atoms with E-state index in [0.29, 0.717) is 24.0 Å². The summed E-state index contributed by atoms with van der Waals surface area (Å²) in [5.74, 6) is 0.906. The topological polar surface area (TPSA) is 76.4 Å². The number of hydrogen-bond acceptors (Lipinski definition) is 5. The number of anilines is 1. The first-order chi connectivity index (χ1) is 10.2. The lowest BCUT2D eigenvalue weighted by Crippen LogP contribution is -2.31. The van der Waals surface area contributed by atoms with Crippen LogP contribution in [0.3, 0.4) is 0 Å². The van der Waals surface area contributed by atoms with Crippen LogP contribution in [0.25, 0.3) is 0 Å². The molecule has 0 aliphatic carbocycles. The lowest BCUT2D eigenvalue weighted by molar-refractivity contribution is -0.385. The third-order valence-electron chi connectivity index (χ3n) is 3.68. The van der Waals surface area contributed by atoms with E-state index in [9.17, 15) is 10.1 Å². The quantitative estimate of drug-likeness (QED) is 0.597. The fourth-order valence-electron chi connectivity index (χ4n) is 2.52. The van der Waals surface area contributed by atoms with E-state index in [-0.39, 0.29) is 10.6 Å². The van der Waals surface area contributed by atoms with E-state index in [1.54, 1.807) is 18.2 Å². The van der Waals surface area contributed by atoms with Gasteiger partial charge in [-0.25, -0.2) is 0 Å². The molecule has 1 aliphatic rings. The van der Waals surface area contributed by atoms with Crippen LogP contribution in [0.4, 0.5) is 11.4 Å². The molecule has 1 aliphatic heterocycles. The summed E-state index contributed by atoms with van der Waals surface area (Å²) in [6.45, 7) is 5.27. The van der Waals surface area contributed by atoms with Gasteiger partial charge in [0.1, 0.15) is 5.69 Å². The molecular formula is C15H23N3O3. The van der Waals surface area contributed by atoms with Crippen LogP contribution in [0.2, 0.25) is 0 Å². The van der Waals surface area contributed by atoms with Gasteiger partial charge < -0.3 is 15.4 Å². The maximum Gasteiger partial charge on any atom is 0.333 e. The molecule has 1 saturated heterocycles. The summed E-state index contributed by atoms with van der Waals surface area (Å²) in [7, 11) is 0. The second-order valence-corrected chi connectivity index (χ2v) is 5.33. The molecule has 0 aromatic heterocycles. The molecule has 1 fully saturated rings. The summed E-state index contributed by atoms with van der Waals surface area (Å²) in [6, 6.07) is 5.20. The molecule has 2 rings (SSSR count). The van der Waals surface area contributed by atoms with Crippen LogP contribution in [0, 0.1) is 16.0 Å². The van der Waals surface area contributed by atoms with Crippen molar-refractivity contribution < 1.29 is 9.66 Å². The number of nitro benzene ring substituents is 1. The number of piperidine rings is 1. The van der Waals surface area contributed by atoms with Crippen LogP contribution in [-0.2, 0) is 0 Å². The van der Waals surface area contributed by atoms with Crippen LogP contribution >= 0.6 is 0 Å². The predicted octanol–water partition coefficient (Wildman–Crippen LogP) is 2.80. The van der Waals surface area contributed by atoms with Gasteiger partial charge in [0.15, 0.2) is 5.75 Å². The third kappa shape index (κ3) is 4.32. The Morgan fingerprint density at radius 2 is 2.19 bits per heavy atom. The van der Waals surface area contributed by atoms with E-state index in [1.807, 2.05) is 6.92 Å². The highest BCUT2D eigenvalue weighted by Crippen LogP contribution is 2.35. The summed E-state index contributed by atoms with van der Waals surface area (Å²) in [5, 5.41) is 17.9. The monoisotopic (exact) mass is 293 g/mol. The number of hydrogen-bond donors (Lipinski definition) is 2. The Labute approximate surface area is 125 Å². The summed E-state index contributed by atoms with van der Waals surface area (Å²) in [4.78, 5) is 11.0. The molecule has 0 bridgehead atoms. The molecule has 6 heteroatoms. The maximum atomic E-state index is 11.3. The second-order valence-electron chi connectivity index (χ2n) is 5.33. The van der Waals surface area contributed by atoms with Gasteiger partial charge in [0.2, 0.25) is 0 Å². The van der Waals surface area contributed by atoms with E-state index >= 15 is 0 Å². The van der Waals surface area contributed by atoms with Crippen molar-refractivity contribution >= 4 is 11.4 Å². The van der Waals surface area contributed by atoms with Crippen LogP contribution < -0.4 is 15.4 Å². The number of benzene rings is 1. The van der Waals surface area contributed by atoms with Crippen LogP contribution in [0.15, 0.2) is 18.2 Å². The van der Waals surface area contributed by atoms with Gasteiger partial charge in [-0.15, -0.1) is 0 Å². The van der Waals surface area contributed by atoms with Crippen LogP contribution in [-0.4, -0.2) is 31.2 Å². The van der Waals surface area contributed by atoms with Gasteiger partial charge >= 0.3 is 5.69 Å². The number of rotatable bonds is 7. The average molecular weight is 293 g/mol. The van der Waals surface area contributed by atoms with E-state index in [1.165, 1.54) is 0 Å². The standard InChI is InChI=1S/C15H23N3O3/c1-2-10-21-14-5-3-4-13(15(14)18(19)20)17-11-12-6-8-16-9-7-12/h3-5,12,16-17H,2,6-11H2,1H3. The van der Waals surface area contributed by atoms with E-state index in [2.05, 4.69) is 10.6 Å². The lowest BCUT2D eigenvalue weighted by Gasteiger charge is -2.23. The molecule has 0 saturated carbocycles. The summed E-state index contributed by atoms with van der Waals surface area (Å²) < 4.78 is 5.49. The zero-order valence-corrected chi connectivity index (χ0v) is 12.4. The number of para-hydroxylation sites is 1. The summed E-state index contributed by atoms with van der Waals surface area (Å²) in [6.07, 6.45) is 3.03. The largest absolute Gasteiger partial charge is 0.487 e. The summed E-state index contributed by atoms with van der Waals surface area (Å²) >= 11 is 0. The summed E-state index contributed by atoms with van der Waals surface area (Å²) in [5.41, 5.74) is 0.590. The van der Waals surface area contributed by atoms with Crippen LogP contribution in [0.1, 0.15) is 26.2 Å². The van der Waals surface area contributed by atoms with E-state index < -0.39 is 0 Å². The molecule has 0 unspecified atom stereocenters. The van der Waals surface area contributed by atoms with Gasteiger partial charge in [0, 0.05) is 6.54 Å². The molecule has 1 aromatic rings. The Balaban J connectivity index is 2.07. The SMILES string of the molecule is CCCOc1cccc(NCC2CCNCC2)c1[N+](=O)[O-]. The molecule has 1 aromatic carbocycles. The van der Waals surface area contributed by atoms with Crippen molar-refractivity contribution in [2.24, 2.45) is 5.92 Å². The van der Waals surface area contributed by atoms with Crippen molar-refractivity contribution in [1.29, 1.82) is 0 Å². The smallest absolute Gasteiger partial charge is 0.333 e. The fourth-order valence-corrected chi connectivity index (χ4v) is 2.52. The fraction of sp³-hybridized carbons (Fsp3) is 0.600. The molecule has 6 nitrogen and oxygen atoms in total. The first-order valence-corrected chi connectivity index (χ1v) is 7.57. The van der Waals surface area contributed by atoms with Gasteiger partial charge in [-0.1, -0.05) is 13.0 Å². The van der Waals surface area contributed by atoms with Gasteiger partial charge in [-0.3, -0.25) is 10.1 Å². The Hall–Kier alpha value is -1.82. The Morgan fingerprint density at radius 3 is 2.86 bits per heavy atom. The molecule has 2 N–H and O–H groups in total. The highest BCUT2D eigenvalue weighted by atomic mass is 16.6. The normalized spacial score (nSPS) is 15.7. The molecular weight excluding hydrogens is 270 g/mol. The van der Waals surface area contributed by atoms with Crippen molar-refractivity contribution in [3.8, 4) is 5.75 Å². The lowest BCUT2D eigenvalue weighted by atomic mass is 9.98. The zero-order valence-electron chi connectivity index (χ0n) is 12.4. The molecule has 0 spiro atoms. The third-order valence-corrected chi connectivity index (χ3v) is 3.68. The van der Waals surface area contributed by atoms with E-state index in [0.717, 1.165) is 38.9 Å². The Kier molecular flexibility index (Phi) is 5.80. The predicted molar refractivity (Wildman–Crippen MR) is 83.0 cm³/mol. The number of nitro groups is 1. The Morgan fingerprint density at radius 1 is 1.43 bits per heavy atom. The molecule has 0 amide bonds. The van der Waals surface area contributed by atoms with Crippen molar-refractivity contribution in [1.82, 2.24) is 5.32 Å². The highest BCUT2D eigenvalue weighted by Gasteiger charge is 2.22. The second kappa shape index (κ2) is 7.83. The maximum absolute atomic E-state index is 11.3. The Bertz CT molecular complexity index is 473. The first kappa shape index (κ1) is 15.6.